The minimum absolute atomic E-state index is 0.228. The van der Waals surface area contributed by atoms with Crippen LogP contribution in [0, 0.1) is 5.82 Å². The Hall–Kier alpha value is -2.75. The smallest absolute Gasteiger partial charge is 0.275 e. The van der Waals surface area contributed by atoms with E-state index < -0.39 is 0 Å². The van der Waals surface area contributed by atoms with E-state index >= 15 is 0 Å². The van der Waals surface area contributed by atoms with Crippen molar-refractivity contribution < 1.29 is 9.18 Å². The highest BCUT2D eigenvalue weighted by molar-refractivity contribution is 6.14. The zero-order chi connectivity index (χ0) is 14.7. The Balaban J connectivity index is 1.84. The maximum absolute atomic E-state index is 13.6. The van der Waals surface area contributed by atoms with E-state index in [9.17, 15) is 9.18 Å². The first kappa shape index (κ1) is 13.2. The predicted octanol–water partition coefficient (Wildman–Crippen LogP) is 2.94. The predicted molar refractivity (Wildman–Crippen MR) is 80.1 cm³/mol. The number of carbonyl (C=O) groups is 1. The number of hydrogen-bond acceptors (Lipinski definition) is 2. The highest BCUT2D eigenvalue weighted by atomic mass is 19.1. The third-order valence-corrected chi connectivity index (χ3v) is 3.16. The molecular weight excluding hydrogens is 267 g/mol. The molecule has 4 heteroatoms. The number of rotatable bonds is 3. The van der Waals surface area contributed by atoms with Crippen molar-refractivity contribution in [3.05, 3.63) is 77.2 Å². The van der Waals surface area contributed by atoms with E-state index in [1.165, 1.54) is 12.1 Å². The van der Waals surface area contributed by atoms with Crippen molar-refractivity contribution in [3.8, 4) is 0 Å². The zero-order valence-electron chi connectivity index (χ0n) is 11.2. The Bertz CT molecular complexity index is 735. The standard InChI is InChI=1S/C17H13FN2O/c18-14-9-5-4-8-13(14)11-15-17(21)20-16(19-15)10-12-6-2-1-3-7-12/h1-9,11H,10H2,(H,19,20,21)/b15-11-. The van der Waals surface area contributed by atoms with Crippen LogP contribution in [0.2, 0.25) is 0 Å². The third kappa shape index (κ3) is 3.05. The lowest BCUT2D eigenvalue weighted by Crippen LogP contribution is -2.25. The summed E-state index contributed by atoms with van der Waals surface area (Å²) in [7, 11) is 0. The molecule has 0 radical (unpaired) electrons. The highest BCUT2D eigenvalue weighted by Crippen LogP contribution is 2.16. The fraction of sp³-hybridized carbons (Fsp3) is 0.0588. The normalized spacial score (nSPS) is 16.0. The van der Waals surface area contributed by atoms with E-state index in [1.54, 1.807) is 18.2 Å². The summed E-state index contributed by atoms with van der Waals surface area (Å²) in [4.78, 5) is 16.1. The maximum atomic E-state index is 13.6. The first-order valence-corrected chi connectivity index (χ1v) is 6.61. The molecule has 1 aliphatic heterocycles. The molecule has 104 valence electrons. The van der Waals surface area contributed by atoms with E-state index in [0.29, 0.717) is 17.8 Å². The van der Waals surface area contributed by atoms with E-state index in [1.807, 2.05) is 30.3 Å². The summed E-state index contributed by atoms with van der Waals surface area (Å²) in [6.45, 7) is 0. The van der Waals surface area contributed by atoms with Crippen LogP contribution in [0.25, 0.3) is 6.08 Å². The topological polar surface area (TPSA) is 41.5 Å². The van der Waals surface area contributed by atoms with Crippen LogP contribution in [0.5, 0.6) is 0 Å². The molecule has 1 amide bonds. The Morgan fingerprint density at radius 3 is 2.52 bits per heavy atom. The number of amidine groups is 1. The summed E-state index contributed by atoms with van der Waals surface area (Å²) in [5, 5.41) is 2.71. The molecule has 1 heterocycles. The number of halogens is 1. The van der Waals surface area contributed by atoms with Gasteiger partial charge in [0.25, 0.3) is 5.91 Å². The van der Waals surface area contributed by atoms with Crippen molar-refractivity contribution in [2.24, 2.45) is 4.99 Å². The Morgan fingerprint density at radius 2 is 1.76 bits per heavy atom. The van der Waals surface area contributed by atoms with Gasteiger partial charge in [0.15, 0.2) is 0 Å². The van der Waals surface area contributed by atoms with E-state index in [-0.39, 0.29) is 17.4 Å². The number of amides is 1. The van der Waals surface area contributed by atoms with Crippen LogP contribution in [0.1, 0.15) is 11.1 Å². The summed E-state index contributed by atoms with van der Waals surface area (Å²) in [6.07, 6.45) is 2.00. The van der Waals surface area contributed by atoms with Crippen molar-refractivity contribution in [1.29, 1.82) is 0 Å². The fourth-order valence-corrected chi connectivity index (χ4v) is 2.13. The number of carbonyl (C=O) groups excluding carboxylic acids is 1. The minimum Gasteiger partial charge on any atom is -0.308 e. The second kappa shape index (κ2) is 5.71. The van der Waals surface area contributed by atoms with Crippen molar-refractivity contribution >= 4 is 17.8 Å². The monoisotopic (exact) mass is 280 g/mol. The lowest BCUT2D eigenvalue weighted by Gasteiger charge is -1.99. The van der Waals surface area contributed by atoms with Crippen molar-refractivity contribution in [1.82, 2.24) is 5.32 Å². The van der Waals surface area contributed by atoms with E-state index in [0.717, 1.165) is 5.56 Å². The summed E-state index contributed by atoms with van der Waals surface area (Å²) < 4.78 is 13.6. The number of aliphatic imine (C=N–C) groups is 1. The van der Waals surface area contributed by atoms with Gasteiger partial charge in [-0.15, -0.1) is 0 Å². The van der Waals surface area contributed by atoms with Crippen LogP contribution in [0.4, 0.5) is 4.39 Å². The van der Waals surface area contributed by atoms with Gasteiger partial charge in [-0.3, -0.25) is 4.79 Å². The molecule has 1 aliphatic rings. The second-order valence-electron chi connectivity index (χ2n) is 4.73. The molecule has 21 heavy (non-hydrogen) atoms. The molecule has 3 nitrogen and oxygen atoms in total. The van der Waals surface area contributed by atoms with Crippen LogP contribution in [0.15, 0.2) is 65.3 Å². The first-order chi connectivity index (χ1) is 10.2. The molecule has 0 saturated carbocycles. The molecule has 0 spiro atoms. The molecule has 0 atom stereocenters. The number of hydrogen-bond donors (Lipinski definition) is 1. The van der Waals surface area contributed by atoms with Crippen LogP contribution in [0.3, 0.4) is 0 Å². The van der Waals surface area contributed by atoms with Crippen LogP contribution < -0.4 is 5.32 Å². The van der Waals surface area contributed by atoms with Gasteiger partial charge in [0, 0.05) is 12.0 Å². The average molecular weight is 280 g/mol. The maximum Gasteiger partial charge on any atom is 0.275 e. The molecule has 3 rings (SSSR count). The van der Waals surface area contributed by atoms with Crippen molar-refractivity contribution in [3.63, 3.8) is 0 Å². The SMILES string of the molecule is O=C1NC(Cc2ccccc2)=N/C1=C\c1ccccc1F. The van der Waals surface area contributed by atoms with Gasteiger partial charge in [-0.2, -0.15) is 0 Å². The second-order valence-corrected chi connectivity index (χ2v) is 4.73. The number of nitrogens with zero attached hydrogens (tertiary/aromatic N) is 1. The fourth-order valence-electron chi connectivity index (χ4n) is 2.13. The van der Waals surface area contributed by atoms with Gasteiger partial charge in [0.1, 0.15) is 17.3 Å². The van der Waals surface area contributed by atoms with Gasteiger partial charge in [-0.05, 0) is 17.7 Å². The number of benzene rings is 2. The molecule has 0 bridgehead atoms. The Labute approximate surface area is 121 Å². The van der Waals surface area contributed by atoms with Gasteiger partial charge >= 0.3 is 0 Å². The summed E-state index contributed by atoms with van der Waals surface area (Å²) >= 11 is 0. The lowest BCUT2D eigenvalue weighted by molar-refractivity contribution is -0.115. The van der Waals surface area contributed by atoms with Crippen molar-refractivity contribution in [2.45, 2.75) is 6.42 Å². The minimum atomic E-state index is -0.371. The molecule has 0 unspecified atom stereocenters. The van der Waals surface area contributed by atoms with Gasteiger partial charge in [-0.1, -0.05) is 48.5 Å². The molecule has 0 fully saturated rings. The quantitative estimate of drug-likeness (QED) is 0.863. The summed E-state index contributed by atoms with van der Waals surface area (Å²) in [5.41, 5.74) is 1.64. The molecule has 0 aromatic heterocycles. The molecule has 1 N–H and O–H groups in total. The zero-order valence-corrected chi connectivity index (χ0v) is 11.2. The largest absolute Gasteiger partial charge is 0.308 e. The van der Waals surface area contributed by atoms with Crippen LogP contribution in [-0.2, 0) is 11.2 Å². The molecule has 0 aliphatic carbocycles. The van der Waals surface area contributed by atoms with Crippen LogP contribution in [-0.4, -0.2) is 11.7 Å². The van der Waals surface area contributed by atoms with Gasteiger partial charge < -0.3 is 5.32 Å². The highest BCUT2D eigenvalue weighted by Gasteiger charge is 2.20. The first-order valence-electron chi connectivity index (χ1n) is 6.61. The van der Waals surface area contributed by atoms with E-state index in [4.69, 9.17) is 0 Å². The summed E-state index contributed by atoms with van der Waals surface area (Å²) in [5.74, 6) is -0.0949. The van der Waals surface area contributed by atoms with E-state index in [2.05, 4.69) is 10.3 Å². The lowest BCUT2D eigenvalue weighted by atomic mass is 10.1. The number of nitrogens with one attached hydrogen (secondary N) is 1. The van der Waals surface area contributed by atoms with Gasteiger partial charge in [-0.25, -0.2) is 9.38 Å². The Morgan fingerprint density at radius 1 is 1.05 bits per heavy atom. The van der Waals surface area contributed by atoms with Crippen LogP contribution >= 0.6 is 0 Å². The molecule has 2 aromatic rings. The molecule has 0 saturated heterocycles. The average Bonchev–Trinajstić information content (AvgIpc) is 2.82. The van der Waals surface area contributed by atoms with Gasteiger partial charge in [0.05, 0.1) is 0 Å². The van der Waals surface area contributed by atoms with Gasteiger partial charge in [0.2, 0.25) is 0 Å². The molecule has 2 aromatic carbocycles. The third-order valence-electron chi connectivity index (χ3n) is 3.16. The summed E-state index contributed by atoms with van der Waals surface area (Å²) in [6, 6.07) is 16.0. The van der Waals surface area contributed by atoms with Crippen molar-refractivity contribution in [2.75, 3.05) is 0 Å². The molecular formula is C17H13FN2O. The Kier molecular flexibility index (Phi) is 3.60.